The lowest BCUT2D eigenvalue weighted by atomic mass is 10.3. The molecule has 1 heterocycles. The van der Waals surface area contributed by atoms with Crippen molar-refractivity contribution in [3.05, 3.63) is 23.7 Å². The smallest absolute Gasteiger partial charge is 0.256 e. The Kier molecular flexibility index (Phi) is 2.45. The van der Waals surface area contributed by atoms with E-state index < -0.39 is 0 Å². The first-order valence-corrected chi connectivity index (χ1v) is 4.94. The van der Waals surface area contributed by atoms with Gasteiger partial charge in [-0.25, -0.2) is 0 Å². The molecule has 5 nitrogen and oxygen atoms in total. The molecule has 1 aliphatic carbocycles. The second-order valence-electron chi connectivity index (χ2n) is 3.87. The molecule has 5 heteroatoms. The van der Waals surface area contributed by atoms with Crippen LogP contribution in [0.15, 0.2) is 21.7 Å². The zero-order chi connectivity index (χ0) is 10.8. The molecule has 15 heavy (non-hydrogen) atoms. The number of guanidine groups is 1. The van der Waals surface area contributed by atoms with Crippen molar-refractivity contribution in [2.24, 2.45) is 22.5 Å². The van der Waals surface area contributed by atoms with E-state index in [-0.39, 0.29) is 5.96 Å². The van der Waals surface area contributed by atoms with Crippen LogP contribution in [0.1, 0.15) is 30.8 Å². The Morgan fingerprint density at radius 3 is 2.93 bits per heavy atom. The summed E-state index contributed by atoms with van der Waals surface area (Å²) in [5.74, 6) is 3.10. The molecule has 0 radical (unpaired) electrons. The number of nitrogens with zero attached hydrogens (tertiary/aromatic N) is 1. The van der Waals surface area contributed by atoms with Gasteiger partial charge in [-0.15, -0.1) is 0 Å². The minimum Gasteiger partial charge on any atom is -0.455 e. The molecule has 5 N–H and O–H groups in total. The van der Waals surface area contributed by atoms with Gasteiger partial charge in [0, 0.05) is 11.0 Å². The van der Waals surface area contributed by atoms with Gasteiger partial charge >= 0.3 is 0 Å². The molecule has 80 valence electrons. The Bertz CT molecular complexity index is 403. The summed E-state index contributed by atoms with van der Waals surface area (Å²) in [6.07, 6.45) is 2.84. The van der Waals surface area contributed by atoms with Gasteiger partial charge in [0.05, 0.1) is 0 Å². The fraction of sp³-hybridized carbons (Fsp3) is 0.400. The maximum atomic E-state index is 5.59. The van der Waals surface area contributed by atoms with Gasteiger partial charge in [0.1, 0.15) is 5.76 Å². The van der Waals surface area contributed by atoms with E-state index in [0.717, 1.165) is 17.4 Å². The number of hydrogen-bond acceptors (Lipinski definition) is 2. The van der Waals surface area contributed by atoms with E-state index in [1.54, 1.807) is 6.21 Å². The molecule has 2 atom stereocenters. The van der Waals surface area contributed by atoms with E-state index in [2.05, 4.69) is 17.1 Å². The lowest BCUT2D eigenvalue weighted by molar-refractivity contribution is -0.457. The van der Waals surface area contributed by atoms with Gasteiger partial charge in [-0.05, 0) is 24.5 Å². The highest BCUT2D eigenvalue weighted by Crippen LogP contribution is 2.47. The van der Waals surface area contributed by atoms with Gasteiger partial charge in [-0.2, -0.15) is 0 Å². The molecule has 2 rings (SSSR count). The van der Waals surface area contributed by atoms with Gasteiger partial charge < -0.3 is 15.9 Å². The van der Waals surface area contributed by atoms with Gasteiger partial charge in [-0.3, -0.25) is 0 Å². The van der Waals surface area contributed by atoms with Crippen molar-refractivity contribution in [2.75, 3.05) is 0 Å². The third-order valence-corrected chi connectivity index (χ3v) is 2.52. The molecular weight excluding hydrogens is 192 g/mol. The molecular formula is C10H15N4O+. The number of hydrazone groups is 1. The van der Waals surface area contributed by atoms with Crippen molar-refractivity contribution in [1.29, 1.82) is 0 Å². The highest BCUT2D eigenvalue weighted by molar-refractivity contribution is 5.75. The minimum atomic E-state index is -0.00570. The Labute approximate surface area is 87.9 Å². The number of nitrogens with two attached hydrogens (primary N) is 2. The van der Waals surface area contributed by atoms with Crippen LogP contribution in [0.4, 0.5) is 0 Å². The summed E-state index contributed by atoms with van der Waals surface area (Å²) in [6.45, 7) is 2.22. The predicted molar refractivity (Wildman–Crippen MR) is 57.2 cm³/mol. The van der Waals surface area contributed by atoms with E-state index in [1.165, 1.54) is 6.42 Å². The number of furan rings is 1. The normalized spacial score (nSPS) is 24.3. The van der Waals surface area contributed by atoms with Crippen LogP contribution in [0, 0.1) is 5.92 Å². The van der Waals surface area contributed by atoms with Crippen molar-refractivity contribution in [2.45, 2.75) is 19.3 Å². The fourth-order valence-corrected chi connectivity index (χ4v) is 1.53. The Hall–Kier alpha value is -1.78. The average molecular weight is 207 g/mol. The van der Waals surface area contributed by atoms with Gasteiger partial charge in [0.2, 0.25) is 6.21 Å². The van der Waals surface area contributed by atoms with Crippen molar-refractivity contribution in [3.8, 4) is 0 Å². The maximum absolute atomic E-state index is 5.59. The highest BCUT2D eigenvalue weighted by atomic mass is 16.3. The summed E-state index contributed by atoms with van der Waals surface area (Å²) in [5, 5.41) is 6.22. The van der Waals surface area contributed by atoms with Crippen LogP contribution in [0.3, 0.4) is 0 Å². The lowest BCUT2D eigenvalue weighted by Crippen LogP contribution is -2.63. The van der Waals surface area contributed by atoms with E-state index >= 15 is 0 Å². The third kappa shape index (κ3) is 2.37. The predicted octanol–water partition coefficient (Wildman–Crippen LogP) is -0.909. The number of rotatable bonds is 3. The third-order valence-electron chi connectivity index (χ3n) is 2.52. The first-order chi connectivity index (χ1) is 7.16. The van der Waals surface area contributed by atoms with Crippen LogP contribution < -0.4 is 16.6 Å². The Morgan fingerprint density at radius 2 is 2.33 bits per heavy atom. The van der Waals surface area contributed by atoms with Crippen LogP contribution >= 0.6 is 0 Å². The SMILES string of the molecule is C[C@H]1C[C@@H]1c1ccc(/C=[NH+]\N=C(N)N)o1. The van der Waals surface area contributed by atoms with E-state index in [9.17, 15) is 0 Å². The molecule has 1 aromatic heterocycles. The largest absolute Gasteiger partial charge is 0.455 e. The van der Waals surface area contributed by atoms with Gasteiger partial charge in [0.15, 0.2) is 5.76 Å². The van der Waals surface area contributed by atoms with Crippen LogP contribution in [0.5, 0.6) is 0 Å². The molecule has 0 bridgehead atoms. The van der Waals surface area contributed by atoms with E-state index in [0.29, 0.717) is 5.92 Å². The summed E-state index contributed by atoms with van der Waals surface area (Å²) in [6, 6.07) is 3.90. The molecule has 1 aromatic rings. The van der Waals surface area contributed by atoms with E-state index in [4.69, 9.17) is 15.9 Å². The Balaban J connectivity index is 2.01. The second kappa shape index (κ2) is 3.76. The zero-order valence-electron chi connectivity index (χ0n) is 8.60. The van der Waals surface area contributed by atoms with Crippen molar-refractivity contribution < 1.29 is 9.52 Å². The fourth-order valence-electron chi connectivity index (χ4n) is 1.53. The average Bonchev–Trinajstić information content (AvgIpc) is 2.73. The minimum absolute atomic E-state index is 0.00570. The molecule has 1 fully saturated rings. The standard InChI is InChI=1S/C10H14N4O/c1-6-4-8(6)9-3-2-7(15-9)5-13-14-10(11)12/h2-3,5-6,8H,4H2,1H3,(H4,11,12,14)/p+1/b13-5-/t6-,8-/m0/s1. The van der Waals surface area contributed by atoms with Crippen molar-refractivity contribution in [1.82, 2.24) is 0 Å². The lowest BCUT2D eigenvalue weighted by Gasteiger charge is -1.88. The monoisotopic (exact) mass is 207 g/mol. The molecule has 0 aliphatic heterocycles. The molecule has 0 unspecified atom stereocenters. The number of nitrogens with one attached hydrogen (secondary N) is 1. The summed E-state index contributed by atoms with van der Waals surface area (Å²) >= 11 is 0. The number of hydrogen-bond donors (Lipinski definition) is 3. The molecule has 0 amide bonds. The van der Waals surface area contributed by atoms with Crippen molar-refractivity contribution >= 4 is 12.2 Å². The molecule has 1 saturated carbocycles. The summed E-state index contributed by atoms with van der Waals surface area (Å²) in [4.78, 5) is 0. The van der Waals surface area contributed by atoms with E-state index in [1.807, 2.05) is 12.1 Å². The van der Waals surface area contributed by atoms with Gasteiger partial charge in [-0.1, -0.05) is 12.0 Å². The second-order valence-corrected chi connectivity index (χ2v) is 3.87. The van der Waals surface area contributed by atoms with Crippen molar-refractivity contribution in [3.63, 3.8) is 0 Å². The molecule has 0 spiro atoms. The van der Waals surface area contributed by atoms with Crippen LogP contribution in [-0.2, 0) is 0 Å². The van der Waals surface area contributed by atoms with Gasteiger partial charge in [0.25, 0.3) is 5.96 Å². The quantitative estimate of drug-likeness (QED) is 0.340. The van der Waals surface area contributed by atoms with Crippen LogP contribution in [0.25, 0.3) is 0 Å². The molecule has 1 aliphatic rings. The van der Waals surface area contributed by atoms with Crippen LogP contribution in [-0.4, -0.2) is 12.2 Å². The molecule has 0 saturated heterocycles. The summed E-state index contributed by atoms with van der Waals surface area (Å²) < 4.78 is 5.59. The summed E-state index contributed by atoms with van der Waals surface area (Å²) in [7, 11) is 0. The highest BCUT2D eigenvalue weighted by Gasteiger charge is 2.36. The summed E-state index contributed by atoms with van der Waals surface area (Å²) in [5.41, 5.74) is 10.3. The first kappa shape index (κ1) is 9.76. The topological polar surface area (TPSA) is 91.5 Å². The Morgan fingerprint density at radius 1 is 1.60 bits per heavy atom. The van der Waals surface area contributed by atoms with Crippen LogP contribution in [0.2, 0.25) is 0 Å². The maximum Gasteiger partial charge on any atom is 0.256 e. The molecule has 0 aromatic carbocycles. The zero-order valence-corrected chi connectivity index (χ0v) is 8.60. The first-order valence-electron chi connectivity index (χ1n) is 4.94.